The maximum absolute atomic E-state index is 12.3. The Morgan fingerprint density at radius 2 is 1.93 bits per heavy atom. The van der Waals surface area contributed by atoms with Gasteiger partial charge in [-0.3, -0.25) is 4.79 Å². The third-order valence-corrected chi connectivity index (χ3v) is 5.88. The lowest BCUT2D eigenvalue weighted by atomic mass is 9.97. The zero-order chi connectivity index (χ0) is 20.8. The van der Waals surface area contributed by atoms with Gasteiger partial charge in [-0.15, -0.1) is 0 Å². The number of urea groups is 1. The van der Waals surface area contributed by atoms with Crippen molar-refractivity contribution in [2.75, 3.05) is 18.5 Å². The first kappa shape index (κ1) is 21.6. The van der Waals surface area contributed by atoms with Crippen LogP contribution < -0.4 is 16.0 Å². The average Bonchev–Trinajstić information content (AvgIpc) is 3.35. The molecule has 0 spiro atoms. The Morgan fingerprint density at radius 3 is 2.59 bits per heavy atom. The van der Waals surface area contributed by atoms with Gasteiger partial charge in [0.25, 0.3) is 0 Å². The number of amides is 3. The molecule has 0 aromatic carbocycles. The molecule has 1 aliphatic carbocycles. The maximum atomic E-state index is 12.3. The quantitative estimate of drug-likeness (QED) is 0.547. The molecular formula is C20H32N4O5. The minimum Gasteiger partial charge on any atom is -0.394 e. The van der Waals surface area contributed by atoms with E-state index in [1.54, 1.807) is 13.8 Å². The van der Waals surface area contributed by atoms with Gasteiger partial charge in [-0.05, 0) is 46.0 Å². The molecule has 9 heteroatoms. The van der Waals surface area contributed by atoms with Gasteiger partial charge in [0.2, 0.25) is 5.91 Å². The molecule has 162 valence electrons. The fourth-order valence-electron chi connectivity index (χ4n) is 4.18. The number of anilines is 1. The first-order valence-corrected chi connectivity index (χ1v) is 10.5. The predicted octanol–water partition coefficient (Wildman–Crippen LogP) is 2.02. The van der Waals surface area contributed by atoms with Crippen LogP contribution in [0.4, 0.5) is 10.5 Å². The van der Waals surface area contributed by atoms with Gasteiger partial charge < -0.3 is 30.3 Å². The number of rotatable bonds is 7. The molecule has 3 atom stereocenters. The minimum atomic E-state index is -0.477. The van der Waals surface area contributed by atoms with E-state index in [4.69, 9.17) is 9.26 Å². The van der Waals surface area contributed by atoms with Gasteiger partial charge >= 0.3 is 6.03 Å². The van der Waals surface area contributed by atoms with Crippen LogP contribution in [0.25, 0.3) is 0 Å². The lowest BCUT2D eigenvalue weighted by Gasteiger charge is -2.36. The van der Waals surface area contributed by atoms with Gasteiger partial charge in [-0.25, -0.2) is 4.79 Å². The normalized spacial score (nSPS) is 25.0. The first-order chi connectivity index (χ1) is 14.0. The number of aliphatic hydroxyl groups excluding tert-OH is 1. The van der Waals surface area contributed by atoms with Gasteiger partial charge in [0, 0.05) is 12.5 Å². The SMILES string of the molecule is Cc1noc(C)c1NC(=O)N[C@H]1CC[C@H](CCNC(=O)C2CCCC2)O[C@@H]1CO. The Balaban J connectivity index is 1.41. The van der Waals surface area contributed by atoms with Crippen molar-refractivity contribution in [1.29, 1.82) is 0 Å². The van der Waals surface area contributed by atoms with Crippen molar-refractivity contribution in [2.24, 2.45) is 5.92 Å². The number of hydrogen-bond donors (Lipinski definition) is 4. The number of ether oxygens (including phenoxy) is 1. The molecule has 2 heterocycles. The Kier molecular flexibility index (Phi) is 7.49. The smallest absolute Gasteiger partial charge is 0.319 e. The Labute approximate surface area is 170 Å². The van der Waals surface area contributed by atoms with Crippen LogP contribution in [0.2, 0.25) is 0 Å². The van der Waals surface area contributed by atoms with Gasteiger partial charge in [-0.1, -0.05) is 18.0 Å². The highest BCUT2D eigenvalue weighted by atomic mass is 16.5. The third kappa shape index (κ3) is 5.70. The molecule has 0 radical (unpaired) electrons. The zero-order valence-corrected chi connectivity index (χ0v) is 17.2. The highest BCUT2D eigenvalue weighted by Gasteiger charge is 2.32. The van der Waals surface area contributed by atoms with E-state index in [1.807, 2.05) is 0 Å². The summed E-state index contributed by atoms with van der Waals surface area (Å²) >= 11 is 0. The summed E-state index contributed by atoms with van der Waals surface area (Å²) in [5, 5.41) is 22.1. The highest BCUT2D eigenvalue weighted by Crippen LogP contribution is 2.25. The zero-order valence-electron chi connectivity index (χ0n) is 17.2. The van der Waals surface area contributed by atoms with E-state index in [0.717, 1.165) is 32.1 Å². The predicted molar refractivity (Wildman–Crippen MR) is 106 cm³/mol. The van der Waals surface area contributed by atoms with Gasteiger partial charge in [0.15, 0.2) is 5.76 Å². The molecule has 2 aliphatic rings. The second-order valence-electron chi connectivity index (χ2n) is 8.02. The fourth-order valence-corrected chi connectivity index (χ4v) is 4.18. The molecule has 0 unspecified atom stereocenters. The van der Waals surface area contributed by atoms with Crippen LogP contribution in [0.15, 0.2) is 4.52 Å². The molecule has 4 N–H and O–H groups in total. The van der Waals surface area contributed by atoms with Crippen molar-refractivity contribution < 1.29 is 24.0 Å². The minimum absolute atomic E-state index is 0.0419. The monoisotopic (exact) mass is 408 g/mol. The fraction of sp³-hybridized carbons (Fsp3) is 0.750. The molecule has 9 nitrogen and oxygen atoms in total. The Bertz CT molecular complexity index is 682. The topological polar surface area (TPSA) is 126 Å². The van der Waals surface area contributed by atoms with E-state index >= 15 is 0 Å². The lowest BCUT2D eigenvalue weighted by Crippen LogP contribution is -2.52. The summed E-state index contributed by atoms with van der Waals surface area (Å²) in [6.45, 7) is 3.87. The summed E-state index contributed by atoms with van der Waals surface area (Å²) in [6.07, 6.45) is 5.89. The van der Waals surface area contributed by atoms with Gasteiger partial charge in [-0.2, -0.15) is 0 Å². The standard InChI is InChI=1S/C20H32N4O5/c1-12-18(13(2)29-24-12)23-20(27)22-16-8-7-15(28-17(16)11-25)9-10-21-19(26)14-5-3-4-6-14/h14-17,25H,3-11H2,1-2H3,(H,21,26)(H2,22,23,27)/t15-,16+,17-/m1/s1. The van der Waals surface area contributed by atoms with Crippen LogP contribution in [-0.2, 0) is 9.53 Å². The number of carbonyl (C=O) groups excluding carboxylic acids is 2. The molecule has 1 aromatic rings. The molecule has 1 aromatic heterocycles. The van der Waals surface area contributed by atoms with Crippen LogP contribution in [-0.4, -0.2) is 53.6 Å². The van der Waals surface area contributed by atoms with Crippen molar-refractivity contribution in [3.63, 3.8) is 0 Å². The maximum Gasteiger partial charge on any atom is 0.319 e. The molecule has 0 bridgehead atoms. The Hall–Kier alpha value is -2.13. The average molecular weight is 408 g/mol. The van der Waals surface area contributed by atoms with E-state index < -0.39 is 6.10 Å². The molecule has 2 fully saturated rings. The summed E-state index contributed by atoms with van der Waals surface area (Å²) in [4.78, 5) is 24.4. The van der Waals surface area contributed by atoms with E-state index in [2.05, 4.69) is 21.1 Å². The summed E-state index contributed by atoms with van der Waals surface area (Å²) in [5.41, 5.74) is 1.16. The molecule has 29 heavy (non-hydrogen) atoms. The summed E-state index contributed by atoms with van der Waals surface area (Å²) < 4.78 is 11.0. The van der Waals surface area contributed by atoms with E-state index in [0.29, 0.717) is 36.5 Å². The largest absolute Gasteiger partial charge is 0.394 e. The molecule has 1 saturated heterocycles. The van der Waals surface area contributed by atoms with Crippen LogP contribution in [0.5, 0.6) is 0 Å². The van der Waals surface area contributed by atoms with E-state index in [-0.39, 0.29) is 36.6 Å². The van der Waals surface area contributed by atoms with Crippen molar-refractivity contribution in [1.82, 2.24) is 15.8 Å². The van der Waals surface area contributed by atoms with E-state index in [1.165, 1.54) is 0 Å². The number of hydrogen-bond acceptors (Lipinski definition) is 6. The van der Waals surface area contributed by atoms with Crippen molar-refractivity contribution in [3.8, 4) is 0 Å². The summed E-state index contributed by atoms with van der Waals surface area (Å²) in [7, 11) is 0. The second kappa shape index (κ2) is 10.1. The molecule has 1 aliphatic heterocycles. The number of aryl methyl sites for hydroxylation is 2. The molecule has 3 amide bonds. The van der Waals surface area contributed by atoms with Crippen molar-refractivity contribution in [3.05, 3.63) is 11.5 Å². The summed E-state index contributed by atoms with van der Waals surface area (Å²) in [6, 6.07) is -0.668. The highest BCUT2D eigenvalue weighted by molar-refractivity contribution is 5.90. The van der Waals surface area contributed by atoms with Gasteiger partial charge in [0.1, 0.15) is 17.5 Å². The number of aromatic nitrogens is 1. The Morgan fingerprint density at radius 1 is 1.17 bits per heavy atom. The number of nitrogens with one attached hydrogen (secondary N) is 3. The van der Waals surface area contributed by atoms with Crippen LogP contribution >= 0.6 is 0 Å². The number of aliphatic hydroxyl groups is 1. The number of carbonyl (C=O) groups is 2. The van der Waals surface area contributed by atoms with Gasteiger partial charge in [0.05, 0.1) is 18.8 Å². The third-order valence-electron chi connectivity index (χ3n) is 5.88. The van der Waals surface area contributed by atoms with Crippen LogP contribution in [0, 0.1) is 19.8 Å². The molecule has 3 rings (SSSR count). The first-order valence-electron chi connectivity index (χ1n) is 10.5. The molecular weight excluding hydrogens is 376 g/mol. The summed E-state index contributed by atoms with van der Waals surface area (Å²) in [5.74, 6) is 0.848. The van der Waals surface area contributed by atoms with Crippen molar-refractivity contribution in [2.45, 2.75) is 77.0 Å². The molecule has 1 saturated carbocycles. The number of nitrogens with zero attached hydrogens (tertiary/aromatic N) is 1. The second-order valence-corrected chi connectivity index (χ2v) is 8.02. The van der Waals surface area contributed by atoms with Crippen molar-refractivity contribution >= 4 is 17.6 Å². The lowest BCUT2D eigenvalue weighted by molar-refractivity contribution is -0.125. The van der Waals surface area contributed by atoms with Crippen LogP contribution in [0.3, 0.4) is 0 Å². The van der Waals surface area contributed by atoms with Crippen LogP contribution in [0.1, 0.15) is 56.4 Å². The van der Waals surface area contributed by atoms with E-state index in [9.17, 15) is 14.7 Å².